The van der Waals surface area contributed by atoms with Crippen LogP contribution in [0.1, 0.15) is 10.4 Å². The fraction of sp³-hybridized carbons (Fsp3) is 0.250. The number of quaternary nitrogens is 1. The highest BCUT2D eigenvalue weighted by Crippen LogP contribution is 2.14. The lowest BCUT2D eigenvalue weighted by atomic mass is 10.0. The van der Waals surface area contributed by atoms with E-state index in [1.54, 1.807) is 12.1 Å². The van der Waals surface area contributed by atoms with Crippen LogP contribution < -0.4 is 5.23 Å². The zero-order valence-electron chi connectivity index (χ0n) is 9.93. The molecule has 17 heavy (non-hydrogen) atoms. The van der Waals surface area contributed by atoms with Crippen LogP contribution in [0.5, 0.6) is 0 Å². The lowest BCUT2D eigenvalue weighted by Crippen LogP contribution is -2.99. The van der Waals surface area contributed by atoms with E-state index >= 15 is 0 Å². The predicted molar refractivity (Wildman–Crippen MR) is 64.2 cm³/mol. The number of carbonyl (C=O) groups is 1. The van der Waals surface area contributed by atoms with Crippen molar-refractivity contribution < 1.29 is 15.2 Å². The molecule has 5 nitrogen and oxygen atoms in total. The molecular formula is C12H16N2O3. The van der Waals surface area contributed by atoms with Crippen LogP contribution in [0.3, 0.4) is 0 Å². The summed E-state index contributed by atoms with van der Waals surface area (Å²) in [5.41, 5.74) is 0.577. The topological polar surface area (TPSA) is 68.0 Å². The number of nitrogens with one attached hydrogen (secondary N) is 1. The van der Waals surface area contributed by atoms with Crippen LogP contribution in [0.15, 0.2) is 36.4 Å². The molecule has 0 spiro atoms. The fourth-order valence-electron chi connectivity index (χ4n) is 1.51. The zero-order valence-corrected chi connectivity index (χ0v) is 9.93. The highest BCUT2D eigenvalue weighted by atomic mass is 16.8. The van der Waals surface area contributed by atoms with Gasteiger partial charge in [-0.25, -0.2) is 5.21 Å². The van der Waals surface area contributed by atoms with Gasteiger partial charge in [-0.2, -0.15) is 5.23 Å². The summed E-state index contributed by atoms with van der Waals surface area (Å²) in [7, 11) is 3.64. The van der Waals surface area contributed by atoms with Crippen molar-refractivity contribution >= 4 is 11.5 Å². The monoisotopic (exact) mass is 236 g/mol. The van der Waals surface area contributed by atoms with Crippen molar-refractivity contribution in [3.05, 3.63) is 47.2 Å². The molecule has 0 heterocycles. The second kappa shape index (κ2) is 5.70. The molecule has 0 saturated heterocycles. The molecule has 0 amide bonds. The van der Waals surface area contributed by atoms with Crippen molar-refractivity contribution in [2.45, 2.75) is 0 Å². The third-order valence-electron chi connectivity index (χ3n) is 2.23. The van der Waals surface area contributed by atoms with Crippen molar-refractivity contribution in [1.29, 1.82) is 0 Å². The molecule has 1 aromatic carbocycles. The van der Waals surface area contributed by atoms with Gasteiger partial charge in [-0.3, -0.25) is 4.79 Å². The Morgan fingerprint density at radius 1 is 1.47 bits per heavy atom. The second-order valence-corrected chi connectivity index (χ2v) is 4.02. The van der Waals surface area contributed by atoms with E-state index < -0.39 is 5.23 Å². The second-order valence-electron chi connectivity index (χ2n) is 4.02. The first-order valence-corrected chi connectivity index (χ1v) is 5.13. The lowest BCUT2D eigenvalue weighted by Gasteiger charge is -2.16. The molecule has 0 aliphatic heterocycles. The fourth-order valence-corrected chi connectivity index (χ4v) is 1.51. The molecule has 92 valence electrons. The number of ketones is 1. The van der Waals surface area contributed by atoms with Gasteiger partial charge in [0.25, 0.3) is 0 Å². The maximum absolute atomic E-state index is 12.0. The van der Waals surface area contributed by atoms with Crippen LogP contribution in [-0.2, 0) is 0 Å². The molecule has 1 atom stereocenters. The third kappa shape index (κ3) is 3.47. The maximum Gasteiger partial charge on any atom is 0.195 e. The highest BCUT2D eigenvalue weighted by Gasteiger charge is 2.18. The first-order valence-electron chi connectivity index (χ1n) is 5.13. The first-order chi connectivity index (χ1) is 7.93. The van der Waals surface area contributed by atoms with Crippen LogP contribution in [0.2, 0.25) is 0 Å². The molecular weight excluding hydrogens is 220 g/mol. The Balaban J connectivity index is 3.00. The number of nitrogens with zero attached hydrogens (tertiary/aromatic N) is 1. The Morgan fingerprint density at radius 3 is 2.59 bits per heavy atom. The van der Waals surface area contributed by atoms with Crippen LogP contribution in [0.25, 0.3) is 0 Å². The minimum Gasteiger partial charge on any atom is -0.595 e. The van der Waals surface area contributed by atoms with Crippen molar-refractivity contribution in [2.75, 3.05) is 20.6 Å². The summed E-state index contributed by atoms with van der Waals surface area (Å²) in [6, 6.07) is 6.16. The number of likely N-dealkylation sites (N-methyl/N-ethyl adjacent to an activating group) is 1. The Bertz CT molecular complexity index is 428. The van der Waals surface area contributed by atoms with Gasteiger partial charge in [0.2, 0.25) is 0 Å². The first kappa shape index (κ1) is 13.5. The minimum atomic E-state index is -1.10. The van der Waals surface area contributed by atoms with Gasteiger partial charge in [0.05, 0.1) is 5.56 Å². The van der Waals surface area contributed by atoms with Gasteiger partial charge in [0, 0.05) is 18.2 Å². The summed E-state index contributed by atoms with van der Waals surface area (Å²) in [6.07, 6.45) is 0. The summed E-state index contributed by atoms with van der Waals surface area (Å²) in [4.78, 5) is 13.8. The number of para-hydroxylation sites is 1. The Kier molecular flexibility index (Phi) is 4.53. The molecule has 0 saturated carbocycles. The smallest absolute Gasteiger partial charge is 0.195 e. The number of rotatable bonds is 5. The molecule has 0 radical (unpaired) electrons. The summed E-state index contributed by atoms with van der Waals surface area (Å²) in [5, 5.41) is 18.9. The van der Waals surface area contributed by atoms with E-state index in [-0.39, 0.29) is 17.0 Å². The van der Waals surface area contributed by atoms with E-state index in [1.165, 1.54) is 12.1 Å². The standard InChI is InChI=1S/C12H16N2O3/c1-9(8-13(2)3)12(15)10-6-4-5-7-11(10)14(16)17/h4-7,14,16H,1,8H2,2-3H3. The molecule has 0 aliphatic carbocycles. The van der Waals surface area contributed by atoms with Crippen molar-refractivity contribution in [3.63, 3.8) is 0 Å². The quantitative estimate of drug-likeness (QED) is 0.441. The van der Waals surface area contributed by atoms with Gasteiger partial charge in [-0.05, 0) is 20.2 Å². The molecule has 1 unspecified atom stereocenters. The van der Waals surface area contributed by atoms with Gasteiger partial charge in [-0.15, -0.1) is 0 Å². The van der Waals surface area contributed by atoms with Crippen LogP contribution in [-0.4, -0.2) is 36.5 Å². The summed E-state index contributed by atoms with van der Waals surface area (Å²) < 4.78 is 0. The van der Waals surface area contributed by atoms with Gasteiger partial charge < -0.3 is 10.1 Å². The highest BCUT2D eigenvalue weighted by molar-refractivity contribution is 6.11. The minimum absolute atomic E-state index is 0.0115. The Morgan fingerprint density at radius 2 is 2.06 bits per heavy atom. The molecule has 0 aromatic heterocycles. The van der Waals surface area contributed by atoms with Crippen LogP contribution in [0.4, 0.5) is 5.69 Å². The van der Waals surface area contributed by atoms with Gasteiger partial charge in [0.1, 0.15) is 0 Å². The van der Waals surface area contributed by atoms with Gasteiger partial charge >= 0.3 is 0 Å². The summed E-state index contributed by atoms with van der Waals surface area (Å²) >= 11 is 0. The molecule has 1 rings (SSSR count). The molecule has 0 fully saturated rings. The van der Waals surface area contributed by atoms with E-state index in [9.17, 15) is 10.0 Å². The van der Waals surface area contributed by atoms with Crippen molar-refractivity contribution in [2.24, 2.45) is 0 Å². The number of Topliss-reactive ketones (excluding diaryl/α,β-unsaturated/α-hetero) is 1. The average Bonchev–Trinajstić information content (AvgIpc) is 2.27. The molecule has 2 N–H and O–H groups in total. The number of hydrogen-bond acceptors (Lipinski definition) is 4. The van der Waals surface area contributed by atoms with Gasteiger partial charge in [-0.1, -0.05) is 18.7 Å². The van der Waals surface area contributed by atoms with E-state index in [0.29, 0.717) is 12.1 Å². The maximum atomic E-state index is 12.0. The molecule has 5 heteroatoms. The largest absolute Gasteiger partial charge is 0.595 e. The van der Waals surface area contributed by atoms with E-state index in [1.807, 2.05) is 19.0 Å². The molecule has 0 aliphatic rings. The number of benzene rings is 1. The van der Waals surface area contributed by atoms with E-state index in [0.717, 1.165) is 0 Å². The third-order valence-corrected chi connectivity index (χ3v) is 2.23. The summed E-state index contributed by atoms with van der Waals surface area (Å²) in [6.45, 7) is 4.10. The number of carbonyl (C=O) groups excluding carboxylic acids is 1. The van der Waals surface area contributed by atoms with Crippen molar-refractivity contribution in [3.8, 4) is 0 Å². The SMILES string of the molecule is C=C(CN(C)C)C(=O)c1ccccc1[NH+]([O-])O. The average molecular weight is 236 g/mol. The Hall–Kier alpha value is -1.53. The number of hydrogen-bond donors (Lipinski definition) is 2. The molecule has 0 bridgehead atoms. The van der Waals surface area contributed by atoms with Crippen molar-refractivity contribution in [1.82, 2.24) is 4.90 Å². The lowest BCUT2D eigenvalue weighted by molar-refractivity contribution is -0.991. The van der Waals surface area contributed by atoms with Crippen LogP contribution in [0, 0.1) is 5.21 Å². The van der Waals surface area contributed by atoms with Gasteiger partial charge in [0.15, 0.2) is 11.5 Å². The molecule has 1 aromatic rings. The normalized spacial score (nSPS) is 12.5. The Labute approximate surface area is 100 Å². The zero-order chi connectivity index (χ0) is 13.0. The predicted octanol–water partition coefficient (Wildman–Crippen LogP) is 0.390. The van der Waals surface area contributed by atoms with E-state index in [2.05, 4.69) is 6.58 Å². The van der Waals surface area contributed by atoms with Crippen LogP contribution >= 0.6 is 0 Å². The summed E-state index contributed by atoms with van der Waals surface area (Å²) in [5.74, 6) is -0.322. The van der Waals surface area contributed by atoms with E-state index in [4.69, 9.17) is 5.21 Å².